The fraction of sp³-hybridized carbons (Fsp3) is 0.429. The molecule has 1 aromatic carbocycles. The van der Waals surface area contributed by atoms with E-state index in [-0.39, 0.29) is 0 Å². The monoisotopic (exact) mass is 280 g/mol. The molecule has 0 fully saturated rings. The molecular formula is C14H20N2O4. The molecule has 0 aliphatic rings. The molecule has 0 heterocycles. The lowest BCUT2D eigenvalue weighted by Gasteiger charge is -2.16. The van der Waals surface area contributed by atoms with Gasteiger partial charge in [-0.15, -0.1) is 0 Å². The van der Waals surface area contributed by atoms with Gasteiger partial charge < -0.3 is 20.8 Å². The van der Waals surface area contributed by atoms with E-state index in [9.17, 15) is 19.8 Å². The Kier molecular flexibility index (Phi) is 6.14. The van der Waals surface area contributed by atoms with Crippen LogP contribution in [0.3, 0.4) is 0 Å². The van der Waals surface area contributed by atoms with Crippen molar-refractivity contribution >= 4 is 17.5 Å². The van der Waals surface area contributed by atoms with Crippen molar-refractivity contribution in [3.8, 4) is 0 Å². The standard InChI is InChI=1S/C14H20N2O4/c1-3-4-9-5-7-10(8-6-9)16-14(20)12(18)11(17)13(19)15-2/h5-8,11-12,17-18H,3-4H2,1-2H3,(H,15,19)(H,16,20). The highest BCUT2D eigenvalue weighted by Gasteiger charge is 2.29. The molecule has 110 valence electrons. The summed E-state index contributed by atoms with van der Waals surface area (Å²) in [5, 5.41) is 23.6. The van der Waals surface area contributed by atoms with Crippen LogP contribution in [0.4, 0.5) is 5.69 Å². The molecule has 20 heavy (non-hydrogen) atoms. The number of nitrogens with one attached hydrogen (secondary N) is 2. The average molecular weight is 280 g/mol. The van der Waals surface area contributed by atoms with Gasteiger partial charge in [-0.2, -0.15) is 0 Å². The second-order valence-electron chi connectivity index (χ2n) is 4.44. The van der Waals surface area contributed by atoms with Crippen LogP contribution in [0, 0.1) is 0 Å². The number of carbonyl (C=O) groups excluding carboxylic acids is 2. The van der Waals surface area contributed by atoms with Gasteiger partial charge in [0.05, 0.1) is 0 Å². The largest absolute Gasteiger partial charge is 0.380 e. The maximum Gasteiger partial charge on any atom is 0.256 e. The van der Waals surface area contributed by atoms with Crippen LogP contribution in [0.15, 0.2) is 24.3 Å². The Bertz CT molecular complexity index is 459. The molecule has 1 aromatic rings. The van der Waals surface area contributed by atoms with Crippen molar-refractivity contribution in [3.63, 3.8) is 0 Å². The summed E-state index contributed by atoms with van der Waals surface area (Å²) in [6.07, 6.45) is -1.63. The van der Waals surface area contributed by atoms with Gasteiger partial charge in [-0.3, -0.25) is 9.59 Å². The number of rotatable bonds is 6. The number of likely N-dealkylation sites (N-methyl/N-ethyl adjacent to an activating group) is 1. The van der Waals surface area contributed by atoms with Gasteiger partial charge in [0.15, 0.2) is 12.2 Å². The van der Waals surface area contributed by atoms with Crippen LogP contribution in [0.2, 0.25) is 0 Å². The van der Waals surface area contributed by atoms with Crippen LogP contribution < -0.4 is 10.6 Å². The first-order valence-corrected chi connectivity index (χ1v) is 6.47. The molecule has 2 atom stereocenters. The molecule has 0 spiro atoms. The fourth-order valence-electron chi connectivity index (χ4n) is 1.69. The zero-order valence-corrected chi connectivity index (χ0v) is 11.6. The van der Waals surface area contributed by atoms with Crippen molar-refractivity contribution in [1.82, 2.24) is 5.32 Å². The van der Waals surface area contributed by atoms with Crippen molar-refractivity contribution in [3.05, 3.63) is 29.8 Å². The van der Waals surface area contributed by atoms with Gasteiger partial charge >= 0.3 is 0 Å². The number of aliphatic hydroxyl groups is 2. The Balaban J connectivity index is 2.63. The van der Waals surface area contributed by atoms with Gasteiger partial charge in [-0.05, 0) is 24.1 Å². The van der Waals surface area contributed by atoms with Crippen LogP contribution in [0.1, 0.15) is 18.9 Å². The Morgan fingerprint density at radius 1 is 1.10 bits per heavy atom. The van der Waals surface area contributed by atoms with E-state index in [2.05, 4.69) is 17.6 Å². The zero-order chi connectivity index (χ0) is 15.1. The van der Waals surface area contributed by atoms with Gasteiger partial charge in [0.1, 0.15) is 0 Å². The minimum atomic E-state index is -1.81. The molecule has 6 nitrogen and oxygen atoms in total. The molecule has 2 amide bonds. The van der Waals surface area contributed by atoms with Crippen LogP contribution in [-0.4, -0.2) is 41.3 Å². The fourth-order valence-corrected chi connectivity index (χ4v) is 1.69. The maximum absolute atomic E-state index is 11.7. The first-order valence-electron chi connectivity index (χ1n) is 6.47. The first kappa shape index (κ1) is 16.1. The maximum atomic E-state index is 11.7. The molecule has 0 bridgehead atoms. The minimum Gasteiger partial charge on any atom is -0.380 e. The second kappa shape index (κ2) is 7.62. The summed E-state index contributed by atoms with van der Waals surface area (Å²) in [5.74, 6) is -1.64. The van der Waals surface area contributed by atoms with E-state index >= 15 is 0 Å². The van der Waals surface area contributed by atoms with E-state index in [4.69, 9.17) is 0 Å². The van der Waals surface area contributed by atoms with Crippen molar-refractivity contribution in [2.75, 3.05) is 12.4 Å². The number of amides is 2. The number of anilines is 1. The van der Waals surface area contributed by atoms with Crippen LogP contribution in [0.25, 0.3) is 0 Å². The quantitative estimate of drug-likeness (QED) is 0.591. The molecule has 0 saturated carbocycles. The lowest BCUT2D eigenvalue weighted by Crippen LogP contribution is -2.46. The van der Waals surface area contributed by atoms with E-state index in [0.29, 0.717) is 5.69 Å². The van der Waals surface area contributed by atoms with Crippen molar-refractivity contribution < 1.29 is 19.8 Å². The summed E-state index contributed by atoms with van der Waals surface area (Å²) in [6.45, 7) is 2.08. The van der Waals surface area contributed by atoms with Crippen LogP contribution in [-0.2, 0) is 16.0 Å². The van der Waals surface area contributed by atoms with Gasteiger partial charge in [0.2, 0.25) is 0 Å². The Labute approximate surface area is 117 Å². The van der Waals surface area contributed by atoms with Crippen molar-refractivity contribution in [1.29, 1.82) is 0 Å². The highest BCUT2D eigenvalue weighted by molar-refractivity contribution is 5.98. The third-order valence-corrected chi connectivity index (χ3v) is 2.84. The molecule has 4 N–H and O–H groups in total. The van der Waals surface area contributed by atoms with Gasteiger partial charge in [0, 0.05) is 12.7 Å². The van der Waals surface area contributed by atoms with E-state index < -0.39 is 24.0 Å². The highest BCUT2D eigenvalue weighted by atomic mass is 16.3. The lowest BCUT2D eigenvalue weighted by atomic mass is 10.1. The molecule has 0 radical (unpaired) electrons. The summed E-state index contributed by atoms with van der Waals surface area (Å²) >= 11 is 0. The van der Waals surface area contributed by atoms with Gasteiger partial charge in [-0.25, -0.2) is 0 Å². The number of hydrogen-bond acceptors (Lipinski definition) is 4. The summed E-state index contributed by atoms with van der Waals surface area (Å²) < 4.78 is 0. The second-order valence-corrected chi connectivity index (χ2v) is 4.44. The zero-order valence-electron chi connectivity index (χ0n) is 11.6. The normalized spacial score (nSPS) is 13.4. The van der Waals surface area contributed by atoms with E-state index in [0.717, 1.165) is 18.4 Å². The SMILES string of the molecule is CCCc1ccc(NC(=O)C(O)C(O)C(=O)NC)cc1. The highest BCUT2D eigenvalue weighted by Crippen LogP contribution is 2.11. The smallest absolute Gasteiger partial charge is 0.256 e. The Morgan fingerprint density at radius 3 is 2.15 bits per heavy atom. The number of benzene rings is 1. The summed E-state index contributed by atoms with van der Waals surface area (Å²) in [7, 11) is 1.31. The Hall–Kier alpha value is -1.92. The van der Waals surface area contributed by atoms with E-state index in [1.54, 1.807) is 12.1 Å². The molecule has 2 unspecified atom stereocenters. The summed E-state index contributed by atoms with van der Waals surface area (Å²) in [5.41, 5.74) is 1.65. The number of aryl methyl sites for hydroxylation is 1. The van der Waals surface area contributed by atoms with Crippen LogP contribution in [0.5, 0.6) is 0 Å². The predicted octanol–water partition coefficient (Wildman–Crippen LogP) is 0.0454. The van der Waals surface area contributed by atoms with Crippen molar-refractivity contribution in [2.24, 2.45) is 0 Å². The van der Waals surface area contributed by atoms with E-state index in [1.165, 1.54) is 7.05 Å². The third kappa shape index (κ3) is 4.32. The molecule has 6 heteroatoms. The molecule has 0 saturated heterocycles. The molecule has 0 aliphatic heterocycles. The third-order valence-electron chi connectivity index (χ3n) is 2.84. The lowest BCUT2D eigenvalue weighted by molar-refractivity contribution is -0.142. The predicted molar refractivity (Wildman–Crippen MR) is 75.1 cm³/mol. The molecular weight excluding hydrogens is 260 g/mol. The summed E-state index contributed by atoms with van der Waals surface area (Å²) in [6, 6.07) is 7.17. The van der Waals surface area contributed by atoms with Gasteiger partial charge in [-0.1, -0.05) is 25.5 Å². The van der Waals surface area contributed by atoms with E-state index in [1.807, 2.05) is 12.1 Å². The molecule has 0 aliphatic carbocycles. The average Bonchev–Trinajstić information content (AvgIpc) is 2.47. The molecule has 0 aromatic heterocycles. The number of carbonyl (C=O) groups is 2. The van der Waals surface area contributed by atoms with Crippen LogP contribution >= 0.6 is 0 Å². The minimum absolute atomic E-state index is 0.498. The molecule has 1 rings (SSSR count). The topological polar surface area (TPSA) is 98.7 Å². The number of aliphatic hydroxyl groups excluding tert-OH is 2. The van der Waals surface area contributed by atoms with Crippen molar-refractivity contribution in [2.45, 2.75) is 32.0 Å². The first-order chi connectivity index (χ1) is 9.49. The van der Waals surface area contributed by atoms with Gasteiger partial charge in [0.25, 0.3) is 11.8 Å². The summed E-state index contributed by atoms with van der Waals surface area (Å²) in [4.78, 5) is 22.8. The number of hydrogen-bond donors (Lipinski definition) is 4. The Morgan fingerprint density at radius 2 is 1.65 bits per heavy atom.